The lowest BCUT2D eigenvalue weighted by molar-refractivity contribution is 0.0224. The van der Waals surface area contributed by atoms with Crippen LogP contribution in [0, 0.1) is 5.92 Å². The number of likely N-dealkylation sites (N-methyl/N-ethyl adjacent to an activating group) is 1. The second-order valence-corrected chi connectivity index (χ2v) is 4.06. The van der Waals surface area contributed by atoms with E-state index in [1.54, 1.807) is 6.92 Å². The van der Waals surface area contributed by atoms with Gasteiger partial charge in [-0.2, -0.15) is 0 Å². The SMILES string of the molecule is C[C@H](O)CN(C)CC1CC(O)C1. The van der Waals surface area contributed by atoms with Crippen LogP contribution in [0.15, 0.2) is 0 Å². The Labute approximate surface area is 74.0 Å². The average molecular weight is 173 g/mol. The molecule has 1 rings (SSSR count). The molecule has 0 aromatic rings. The normalized spacial score (nSPS) is 31.8. The van der Waals surface area contributed by atoms with Crippen LogP contribution in [-0.2, 0) is 0 Å². The standard InChI is InChI=1S/C9H19NO2/c1-7(11)5-10(2)6-8-3-9(12)4-8/h7-9,11-12H,3-6H2,1-2H3/t7-,8?,9?/m0/s1. The van der Waals surface area contributed by atoms with E-state index < -0.39 is 0 Å². The fourth-order valence-corrected chi connectivity index (χ4v) is 1.82. The fourth-order valence-electron chi connectivity index (χ4n) is 1.82. The number of aliphatic hydroxyl groups excluding tert-OH is 2. The first-order chi connectivity index (χ1) is 5.58. The zero-order valence-corrected chi connectivity index (χ0v) is 7.90. The van der Waals surface area contributed by atoms with Gasteiger partial charge in [-0.1, -0.05) is 0 Å². The maximum atomic E-state index is 9.09. The molecule has 3 heteroatoms. The Morgan fingerprint density at radius 3 is 2.50 bits per heavy atom. The number of hydrogen-bond acceptors (Lipinski definition) is 3. The zero-order valence-electron chi connectivity index (χ0n) is 7.90. The van der Waals surface area contributed by atoms with Crippen molar-refractivity contribution < 1.29 is 10.2 Å². The van der Waals surface area contributed by atoms with Gasteiger partial charge in [0.25, 0.3) is 0 Å². The van der Waals surface area contributed by atoms with Crippen molar-refractivity contribution in [2.45, 2.75) is 32.0 Å². The molecule has 0 radical (unpaired) electrons. The third-order valence-corrected chi connectivity index (χ3v) is 2.36. The van der Waals surface area contributed by atoms with Gasteiger partial charge in [0.2, 0.25) is 0 Å². The Morgan fingerprint density at radius 2 is 2.08 bits per heavy atom. The second-order valence-electron chi connectivity index (χ2n) is 4.06. The quantitative estimate of drug-likeness (QED) is 0.632. The third-order valence-electron chi connectivity index (χ3n) is 2.36. The summed E-state index contributed by atoms with van der Waals surface area (Å²) in [6, 6.07) is 0. The monoisotopic (exact) mass is 173 g/mol. The molecule has 0 aromatic carbocycles. The van der Waals surface area contributed by atoms with Crippen molar-refractivity contribution in [3.05, 3.63) is 0 Å². The highest BCUT2D eigenvalue weighted by molar-refractivity contribution is 4.80. The van der Waals surface area contributed by atoms with E-state index in [9.17, 15) is 0 Å². The minimum Gasteiger partial charge on any atom is -0.393 e. The molecule has 0 heterocycles. The van der Waals surface area contributed by atoms with E-state index >= 15 is 0 Å². The molecule has 0 amide bonds. The van der Waals surface area contributed by atoms with E-state index in [-0.39, 0.29) is 12.2 Å². The molecule has 0 aliphatic heterocycles. The summed E-state index contributed by atoms with van der Waals surface area (Å²) in [6.07, 6.45) is 1.56. The first-order valence-electron chi connectivity index (χ1n) is 4.62. The van der Waals surface area contributed by atoms with Crippen LogP contribution < -0.4 is 0 Å². The molecular weight excluding hydrogens is 154 g/mol. The maximum Gasteiger partial charge on any atom is 0.0638 e. The molecule has 0 spiro atoms. The smallest absolute Gasteiger partial charge is 0.0638 e. The van der Waals surface area contributed by atoms with Gasteiger partial charge in [0.05, 0.1) is 12.2 Å². The topological polar surface area (TPSA) is 43.7 Å². The molecule has 3 nitrogen and oxygen atoms in total. The first-order valence-corrected chi connectivity index (χ1v) is 4.62. The summed E-state index contributed by atoms with van der Waals surface area (Å²) in [5, 5.41) is 18.1. The third kappa shape index (κ3) is 3.09. The van der Waals surface area contributed by atoms with E-state index in [2.05, 4.69) is 4.90 Å². The Morgan fingerprint density at radius 1 is 1.50 bits per heavy atom. The number of rotatable bonds is 4. The minimum atomic E-state index is -0.250. The van der Waals surface area contributed by atoms with E-state index in [0.29, 0.717) is 5.92 Å². The largest absolute Gasteiger partial charge is 0.393 e. The molecular formula is C9H19NO2. The van der Waals surface area contributed by atoms with Crippen LogP contribution in [0.5, 0.6) is 0 Å². The summed E-state index contributed by atoms with van der Waals surface area (Å²) in [7, 11) is 2.01. The highest BCUT2D eigenvalue weighted by Gasteiger charge is 2.27. The first kappa shape index (κ1) is 9.96. The van der Waals surface area contributed by atoms with Crippen LogP contribution in [0.4, 0.5) is 0 Å². The number of hydrogen-bond donors (Lipinski definition) is 2. The van der Waals surface area contributed by atoms with Crippen molar-refractivity contribution in [1.82, 2.24) is 4.90 Å². The molecule has 12 heavy (non-hydrogen) atoms. The molecule has 1 fully saturated rings. The molecule has 0 saturated heterocycles. The zero-order chi connectivity index (χ0) is 9.14. The van der Waals surface area contributed by atoms with Crippen molar-refractivity contribution in [2.24, 2.45) is 5.92 Å². The highest BCUT2D eigenvalue weighted by Crippen LogP contribution is 2.27. The summed E-state index contributed by atoms with van der Waals surface area (Å²) in [6.45, 7) is 3.53. The van der Waals surface area contributed by atoms with Gasteiger partial charge in [0.1, 0.15) is 0 Å². The Balaban J connectivity index is 2.06. The summed E-state index contributed by atoms with van der Waals surface area (Å²) in [5.41, 5.74) is 0. The van der Waals surface area contributed by atoms with Crippen LogP contribution in [0.3, 0.4) is 0 Å². The summed E-state index contributed by atoms with van der Waals surface area (Å²) in [4.78, 5) is 2.13. The predicted octanol–water partition coefficient (Wildman–Crippen LogP) is 0.0699. The second kappa shape index (κ2) is 4.21. The predicted molar refractivity (Wildman–Crippen MR) is 47.9 cm³/mol. The van der Waals surface area contributed by atoms with Gasteiger partial charge in [0.15, 0.2) is 0 Å². The molecule has 2 N–H and O–H groups in total. The van der Waals surface area contributed by atoms with Crippen molar-refractivity contribution in [3.63, 3.8) is 0 Å². The van der Waals surface area contributed by atoms with Gasteiger partial charge in [-0.15, -0.1) is 0 Å². The molecule has 72 valence electrons. The molecule has 0 aromatic heterocycles. The number of aliphatic hydroxyl groups is 2. The Hall–Kier alpha value is -0.120. The van der Waals surface area contributed by atoms with E-state index in [0.717, 1.165) is 25.9 Å². The lowest BCUT2D eigenvalue weighted by Gasteiger charge is -2.34. The summed E-state index contributed by atoms with van der Waals surface area (Å²) < 4.78 is 0. The van der Waals surface area contributed by atoms with Gasteiger partial charge < -0.3 is 15.1 Å². The van der Waals surface area contributed by atoms with Gasteiger partial charge in [-0.05, 0) is 32.7 Å². The summed E-state index contributed by atoms with van der Waals surface area (Å²) in [5.74, 6) is 0.642. The van der Waals surface area contributed by atoms with E-state index in [1.807, 2.05) is 7.05 Å². The molecule has 0 bridgehead atoms. The molecule has 1 aliphatic carbocycles. The van der Waals surface area contributed by atoms with Crippen LogP contribution in [-0.4, -0.2) is 47.5 Å². The molecule has 1 atom stereocenters. The lowest BCUT2D eigenvalue weighted by Crippen LogP contribution is -2.39. The van der Waals surface area contributed by atoms with Crippen molar-refractivity contribution >= 4 is 0 Å². The van der Waals surface area contributed by atoms with Crippen LogP contribution >= 0.6 is 0 Å². The minimum absolute atomic E-state index is 0.0602. The Bertz CT molecular complexity index is 132. The van der Waals surface area contributed by atoms with E-state index in [1.165, 1.54) is 0 Å². The molecule has 1 aliphatic rings. The maximum absolute atomic E-state index is 9.09. The van der Waals surface area contributed by atoms with Crippen LogP contribution in [0.1, 0.15) is 19.8 Å². The van der Waals surface area contributed by atoms with Gasteiger partial charge in [-0.3, -0.25) is 0 Å². The van der Waals surface area contributed by atoms with Gasteiger partial charge >= 0.3 is 0 Å². The van der Waals surface area contributed by atoms with Crippen LogP contribution in [0.25, 0.3) is 0 Å². The van der Waals surface area contributed by atoms with Crippen LogP contribution in [0.2, 0.25) is 0 Å². The van der Waals surface area contributed by atoms with Gasteiger partial charge in [-0.25, -0.2) is 0 Å². The molecule has 0 unspecified atom stereocenters. The highest BCUT2D eigenvalue weighted by atomic mass is 16.3. The average Bonchev–Trinajstić information content (AvgIpc) is 1.82. The van der Waals surface area contributed by atoms with Gasteiger partial charge in [0, 0.05) is 13.1 Å². The summed E-state index contributed by atoms with van der Waals surface area (Å²) >= 11 is 0. The van der Waals surface area contributed by atoms with E-state index in [4.69, 9.17) is 10.2 Å². The van der Waals surface area contributed by atoms with Crippen molar-refractivity contribution in [1.29, 1.82) is 0 Å². The van der Waals surface area contributed by atoms with Crippen molar-refractivity contribution in [2.75, 3.05) is 20.1 Å². The number of nitrogens with zero attached hydrogens (tertiary/aromatic N) is 1. The fraction of sp³-hybridized carbons (Fsp3) is 1.00. The lowest BCUT2D eigenvalue weighted by atomic mass is 9.82. The molecule has 1 saturated carbocycles. The Kier molecular flexibility index (Phi) is 3.50. The van der Waals surface area contributed by atoms with Crippen molar-refractivity contribution in [3.8, 4) is 0 Å².